The Hall–Kier alpha value is 0.760. The van der Waals surface area contributed by atoms with Crippen LogP contribution in [0.25, 0.3) is 0 Å². The van der Waals surface area contributed by atoms with Crippen LogP contribution in [0, 0.1) is 0 Å². The van der Waals surface area contributed by atoms with Crippen LogP contribution in [0.2, 0.25) is 0 Å². The van der Waals surface area contributed by atoms with Gasteiger partial charge in [-0.3, -0.25) is 0 Å². The number of benzene rings is 1. The zero-order valence-electron chi connectivity index (χ0n) is 18.5. The second kappa shape index (κ2) is 21.5. The maximum absolute atomic E-state index is 2.37. The fraction of sp³-hybridized carbons (Fsp3) is 0.739. The molecule has 0 amide bonds. The summed E-state index contributed by atoms with van der Waals surface area (Å²) >= 11 is 0. The molecule has 0 fully saturated rings. The summed E-state index contributed by atoms with van der Waals surface area (Å²) in [4.78, 5) is 0. The molecule has 4 heteroatoms. The molecule has 0 bridgehead atoms. The Morgan fingerprint density at radius 2 is 1.04 bits per heavy atom. The summed E-state index contributed by atoms with van der Waals surface area (Å²) in [6.07, 6.45) is 17.2. The molecule has 0 radical (unpaired) electrons. The summed E-state index contributed by atoms with van der Waals surface area (Å²) in [6, 6.07) is 10.9. The average Bonchev–Trinajstić information content (AvgIpc) is 2.56. The smallest absolute Gasteiger partial charge is 1.00 e. The Balaban J connectivity index is -0.00000192. The van der Waals surface area contributed by atoms with E-state index < -0.39 is 0 Å². The third-order valence-electron chi connectivity index (χ3n) is 5.07. The first-order valence-electron chi connectivity index (χ1n) is 10.5. The van der Waals surface area contributed by atoms with Gasteiger partial charge in [-0.1, -0.05) is 101 Å². The number of quaternary nitrogens is 1. The van der Waals surface area contributed by atoms with Crippen LogP contribution in [-0.2, 0) is 6.54 Å². The standard InChI is InChI=1S/C23H42N.2ClH.Na/c1-4-5-6-7-8-9-10-11-12-13-14-18-21-24(2,3)22-23-19-16-15-17-20-23;;;/h15-17,19-20H,4-14,18,21-22H2,1-3H3;2*1H;/q+1;;;+1/p-2. The summed E-state index contributed by atoms with van der Waals surface area (Å²) in [5.41, 5.74) is 1.46. The average molecular weight is 426 g/mol. The maximum atomic E-state index is 2.37. The van der Waals surface area contributed by atoms with E-state index in [4.69, 9.17) is 0 Å². The Bertz CT molecular complexity index is 399. The van der Waals surface area contributed by atoms with E-state index in [2.05, 4.69) is 51.4 Å². The molecule has 27 heavy (non-hydrogen) atoms. The molecule has 0 aliphatic rings. The molecular formula is C23H42Cl2NNa. The van der Waals surface area contributed by atoms with Gasteiger partial charge in [0, 0.05) is 5.56 Å². The molecule has 0 aliphatic carbocycles. The van der Waals surface area contributed by atoms with Gasteiger partial charge in [0.1, 0.15) is 6.54 Å². The van der Waals surface area contributed by atoms with Gasteiger partial charge in [0.05, 0.1) is 20.6 Å². The molecule has 1 nitrogen and oxygen atoms in total. The van der Waals surface area contributed by atoms with E-state index in [-0.39, 0.29) is 54.4 Å². The van der Waals surface area contributed by atoms with Gasteiger partial charge in [-0.15, -0.1) is 0 Å². The molecule has 1 aromatic rings. The summed E-state index contributed by atoms with van der Waals surface area (Å²) in [5, 5.41) is 0. The molecule has 0 atom stereocenters. The molecule has 0 unspecified atom stereocenters. The Kier molecular flexibility index (Phi) is 25.8. The Morgan fingerprint density at radius 1 is 0.630 bits per heavy atom. The van der Waals surface area contributed by atoms with E-state index >= 15 is 0 Å². The van der Waals surface area contributed by atoms with Crippen LogP contribution in [-0.4, -0.2) is 25.1 Å². The second-order valence-electron chi connectivity index (χ2n) is 8.19. The number of hydrogen-bond acceptors (Lipinski definition) is 0. The van der Waals surface area contributed by atoms with Crippen molar-refractivity contribution >= 4 is 0 Å². The fourth-order valence-corrected chi connectivity index (χ4v) is 3.54. The molecule has 0 heterocycles. The normalized spacial score (nSPS) is 10.5. The van der Waals surface area contributed by atoms with Crippen LogP contribution in [0.3, 0.4) is 0 Å². The minimum absolute atomic E-state index is 0. The van der Waals surface area contributed by atoms with Gasteiger partial charge < -0.3 is 29.3 Å². The van der Waals surface area contributed by atoms with Crippen LogP contribution in [0.15, 0.2) is 30.3 Å². The van der Waals surface area contributed by atoms with Crippen LogP contribution in [0.4, 0.5) is 0 Å². The fourth-order valence-electron chi connectivity index (χ4n) is 3.54. The molecule has 0 N–H and O–H groups in total. The maximum Gasteiger partial charge on any atom is 1.00 e. The summed E-state index contributed by atoms with van der Waals surface area (Å²) < 4.78 is 1.11. The third kappa shape index (κ3) is 19.8. The number of rotatable bonds is 15. The number of nitrogens with zero attached hydrogens (tertiary/aromatic N) is 1. The molecule has 0 aliphatic heterocycles. The van der Waals surface area contributed by atoms with Crippen molar-refractivity contribution in [3.8, 4) is 0 Å². The van der Waals surface area contributed by atoms with Gasteiger partial charge in [-0.05, 0) is 12.8 Å². The van der Waals surface area contributed by atoms with Gasteiger partial charge in [0.15, 0.2) is 0 Å². The van der Waals surface area contributed by atoms with Crippen molar-refractivity contribution in [1.82, 2.24) is 0 Å². The van der Waals surface area contributed by atoms with Crippen molar-refractivity contribution in [3.63, 3.8) is 0 Å². The van der Waals surface area contributed by atoms with Crippen molar-refractivity contribution in [2.24, 2.45) is 0 Å². The molecule has 0 saturated heterocycles. The first-order valence-corrected chi connectivity index (χ1v) is 10.5. The molecule has 0 spiro atoms. The minimum atomic E-state index is 0. The van der Waals surface area contributed by atoms with E-state index in [1.54, 1.807) is 0 Å². The summed E-state index contributed by atoms with van der Waals surface area (Å²) in [7, 11) is 4.73. The van der Waals surface area contributed by atoms with Gasteiger partial charge in [-0.25, -0.2) is 0 Å². The summed E-state index contributed by atoms with van der Waals surface area (Å²) in [5.74, 6) is 0. The monoisotopic (exact) mass is 425 g/mol. The zero-order chi connectivity index (χ0) is 17.5. The van der Waals surface area contributed by atoms with Gasteiger partial charge in [-0.2, -0.15) is 0 Å². The van der Waals surface area contributed by atoms with E-state index in [1.807, 2.05) is 0 Å². The van der Waals surface area contributed by atoms with Gasteiger partial charge >= 0.3 is 29.6 Å². The van der Waals surface area contributed by atoms with Crippen LogP contribution in [0.1, 0.15) is 89.5 Å². The molecule has 0 saturated carbocycles. The molecular weight excluding hydrogens is 384 g/mol. The van der Waals surface area contributed by atoms with Gasteiger partial charge in [0.25, 0.3) is 0 Å². The van der Waals surface area contributed by atoms with Crippen molar-refractivity contribution in [2.45, 2.75) is 90.5 Å². The molecule has 1 aromatic carbocycles. The van der Waals surface area contributed by atoms with Crippen molar-refractivity contribution < 1.29 is 58.9 Å². The molecule has 154 valence electrons. The Labute approximate surface area is 204 Å². The van der Waals surface area contributed by atoms with Crippen molar-refractivity contribution in [1.29, 1.82) is 0 Å². The number of unbranched alkanes of at least 4 members (excludes halogenated alkanes) is 11. The van der Waals surface area contributed by atoms with E-state index in [1.165, 1.54) is 89.2 Å². The predicted molar refractivity (Wildman–Crippen MR) is 108 cm³/mol. The topological polar surface area (TPSA) is 0 Å². The Morgan fingerprint density at radius 3 is 1.48 bits per heavy atom. The largest absolute Gasteiger partial charge is 1.00 e. The second-order valence-corrected chi connectivity index (χ2v) is 8.19. The first-order chi connectivity index (χ1) is 11.6. The minimum Gasteiger partial charge on any atom is -1.00 e. The number of hydrogen-bond donors (Lipinski definition) is 0. The first kappa shape index (κ1) is 32.4. The number of halogens is 2. The van der Waals surface area contributed by atoms with E-state index in [0.717, 1.165) is 11.0 Å². The van der Waals surface area contributed by atoms with Gasteiger partial charge in [0.2, 0.25) is 0 Å². The molecule has 0 aromatic heterocycles. The quantitative estimate of drug-likeness (QED) is 0.173. The van der Waals surface area contributed by atoms with Crippen molar-refractivity contribution in [2.75, 3.05) is 20.6 Å². The van der Waals surface area contributed by atoms with E-state index in [0.29, 0.717) is 0 Å². The summed E-state index contributed by atoms with van der Waals surface area (Å²) in [6.45, 7) is 4.74. The molecule has 1 rings (SSSR count). The van der Waals surface area contributed by atoms with E-state index in [9.17, 15) is 0 Å². The van der Waals surface area contributed by atoms with Crippen molar-refractivity contribution in [3.05, 3.63) is 35.9 Å². The predicted octanol–water partition coefficient (Wildman–Crippen LogP) is -2.02. The SMILES string of the molecule is CCCCCCCCCCCCCC[N+](C)(C)Cc1ccccc1.[Cl-].[Cl-].[Na+]. The third-order valence-corrected chi connectivity index (χ3v) is 5.07. The van der Waals surface area contributed by atoms with Crippen LogP contribution < -0.4 is 54.4 Å². The van der Waals surface area contributed by atoms with Crippen LogP contribution in [0.5, 0.6) is 0 Å². The zero-order valence-corrected chi connectivity index (χ0v) is 22.0. The van der Waals surface area contributed by atoms with Crippen LogP contribution >= 0.6 is 0 Å².